The quantitative estimate of drug-likeness (QED) is 0.922. The lowest BCUT2D eigenvalue weighted by Gasteiger charge is -2.15. The standard InChI is InChI=1S/C18H19ClN2O3/c1-12(14-4-2-5-20-11-14)21-17(22)10-13-8-15(19)18-16(9-13)23-6-3-7-24-18/h2,4-5,8-9,11-12H,3,6-7,10H2,1H3,(H,21,22). The lowest BCUT2D eigenvalue weighted by molar-refractivity contribution is -0.121. The van der Waals surface area contributed by atoms with E-state index < -0.39 is 0 Å². The number of aromatic nitrogens is 1. The number of hydrogen-bond donors (Lipinski definition) is 1. The molecule has 1 atom stereocenters. The van der Waals surface area contributed by atoms with Crippen molar-refractivity contribution in [3.63, 3.8) is 0 Å². The number of amides is 1. The smallest absolute Gasteiger partial charge is 0.224 e. The van der Waals surface area contributed by atoms with Crippen LogP contribution in [0.2, 0.25) is 5.02 Å². The summed E-state index contributed by atoms with van der Waals surface area (Å²) < 4.78 is 11.2. The van der Waals surface area contributed by atoms with Crippen LogP contribution < -0.4 is 14.8 Å². The summed E-state index contributed by atoms with van der Waals surface area (Å²) in [7, 11) is 0. The van der Waals surface area contributed by atoms with E-state index in [1.165, 1.54) is 0 Å². The fourth-order valence-electron chi connectivity index (χ4n) is 2.58. The molecular weight excluding hydrogens is 328 g/mol. The molecule has 126 valence electrons. The van der Waals surface area contributed by atoms with E-state index in [1.807, 2.05) is 25.1 Å². The van der Waals surface area contributed by atoms with Crippen LogP contribution in [0.4, 0.5) is 0 Å². The molecule has 1 aliphatic rings. The van der Waals surface area contributed by atoms with Gasteiger partial charge in [-0.15, -0.1) is 0 Å². The zero-order chi connectivity index (χ0) is 16.9. The Morgan fingerprint density at radius 2 is 2.21 bits per heavy atom. The number of hydrogen-bond acceptors (Lipinski definition) is 4. The average Bonchev–Trinajstić information content (AvgIpc) is 2.81. The molecule has 0 saturated carbocycles. The van der Waals surface area contributed by atoms with Gasteiger partial charge in [0.05, 0.1) is 30.7 Å². The third-order valence-corrected chi connectivity index (χ3v) is 4.07. The van der Waals surface area contributed by atoms with Crippen molar-refractivity contribution in [1.82, 2.24) is 10.3 Å². The zero-order valence-electron chi connectivity index (χ0n) is 13.4. The van der Waals surface area contributed by atoms with E-state index in [1.54, 1.807) is 18.5 Å². The van der Waals surface area contributed by atoms with E-state index in [4.69, 9.17) is 21.1 Å². The average molecular weight is 347 g/mol. The Bertz CT molecular complexity index is 722. The van der Waals surface area contributed by atoms with E-state index >= 15 is 0 Å². The maximum atomic E-state index is 12.3. The molecule has 24 heavy (non-hydrogen) atoms. The number of nitrogens with zero attached hydrogens (tertiary/aromatic N) is 1. The maximum Gasteiger partial charge on any atom is 0.224 e. The summed E-state index contributed by atoms with van der Waals surface area (Å²) in [5.41, 5.74) is 1.75. The van der Waals surface area contributed by atoms with Crippen LogP contribution >= 0.6 is 11.6 Å². The van der Waals surface area contributed by atoms with Crippen LogP contribution in [-0.2, 0) is 11.2 Å². The minimum atomic E-state index is -0.109. The Balaban J connectivity index is 1.68. The lowest BCUT2D eigenvalue weighted by atomic mass is 10.1. The topological polar surface area (TPSA) is 60.5 Å². The van der Waals surface area contributed by atoms with Crippen molar-refractivity contribution in [2.45, 2.75) is 25.8 Å². The lowest BCUT2D eigenvalue weighted by Crippen LogP contribution is -2.28. The van der Waals surface area contributed by atoms with Crippen molar-refractivity contribution in [1.29, 1.82) is 0 Å². The van der Waals surface area contributed by atoms with Crippen molar-refractivity contribution < 1.29 is 14.3 Å². The summed E-state index contributed by atoms with van der Waals surface area (Å²) >= 11 is 6.26. The van der Waals surface area contributed by atoms with Crippen molar-refractivity contribution in [3.05, 3.63) is 52.8 Å². The molecule has 1 amide bonds. The van der Waals surface area contributed by atoms with Crippen LogP contribution in [-0.4, -0.2) is 24.1 Å². The van der Waals surface area contributed by atoms with Crippen LogP contribution in [0, 0.1) is 0 Å². The Kier molecular flexibility index (Phi) is 5.20. The largest absolute Gasteiger partial charge is 0.489 e. The number of pyridine rings is 1. The molecule has 2 aromatic rings. The van der Waals surface area contributed by atoms with Crippen molar-refractivity contribution in [2.24, 2.45) is 0 Å². The van der Waals surface area contributed by atoms with Gasteiger partial charge in [-0.2, -0.15) is 0 Å². The third-order valence-electron chi connectivity index (χ3n) is 3.79. The molecule has 0 bridgehead atoms. The number of rotatable bonds is 4. The van der Waals surface area contributed by atoms with Crippen molar-refractivity contribution in [2.75, 3.05) is 13.2 Å². The molecular formula is C18H19ClN2O3. The van der Waals surface area contributed by atoms with Crippen LogP contribution in [0.15, 0.2) is 36.7 Å². The molecule has 1 aliphatic heterocycles. The summed E-state index contributed by atoms with van der Waals surface area (Å²) in [6.07, 6.45) is 4.48. The fourth-order valence-corrected chi connectivity index (χ4v) is 2.87. The number of ether oxygens (including phenoxy) is 2. The summed E-state index contributed by atoms with van der Waals surface area (Å²) in [4.78, 5) is 16.4. The van der Waals surface area contributed by atoms with E-state index in [0.29, 0.717) is 29.7 Å². The number of fused-ring (bicyclic) bond motifs is 1. The Labute approximate surface area is 145 Å². The minimum Gasteiger partial charge on any atom is -0.489 e. The SMILES string of the molecule is CC(NC(=O)Cc1cc(Cl)c2c(c1)OCCCO2)c1cccnc1. The van der Waals surface area contributed by atoms with Gasteiger partial charge in [0.2, 0.25) is 5.91 Å². The summed E-state index contributed by atoms with van der Waals surface area (Å²) in [5, 5.41) is 3.43. The van der Waals surface area contributed by atoms with Crippen LogP contribution in [0.3, 0.4) is 0 Å². The Morgan fingerprint density at radius 1 is 1.38 bits per heavy atom. The second-order valence-corrected chi connectivity index (χ2v) is 6.11. The number of nitrogens with one attached hydrogen (secondary N) is 1. The highest BCUT2D eigenvalue weighted by Crippen LogP contribution is 2.38. The molecule has 0 radical (unpaired) electrons. The van der Waals surface area contributed by atoms with Gasteiger partial charge in [0.15, 0.2) is 11.5 Å². The van der Waals surface area contributed by atoms with Crippen molar-refractivity contribution >= 4 is 17.5 Å². The van der Waals surface area contributed by atoms with Gasteiger partial charge in [-0.25, -0.2) is 0 Å². The van der Waals surface area contributed by atoms with Gasteiger partial charge in [0, 0.05) is 18.8 Å². The van der Waals surface area contributed by atoms with Gasteiger partial charge in [0.1, 0.15) is 0 Å². The first-order chi connectivity index (χ1) is 11.6. The van der Waals surface area contributed by atoms with Gasteiger partial charge in [-0.3, -0.25) is 9.78 Å². The normalized spacial score (nSPS) is 14.6. The van der Waals surface area contributed by atoms with E-state index in [9.17, 15) is 4.79 Å². The molecule has 6 heteroatoms. The number of halogens is 1. The highest BCUT2D eigenvalue weighted by Gasteiger charge is 2.17. The molecule has 0 spiro atoms. The van der Waals surface area contributed by atoms with Crippen molar-refractivity contribution in [3.8, 4) is 11.5 Å². The summed E-state index contributed by atoms with van der Waals surface area (Å²) in [6.45, 7) is 3.09. The van der Waals surface area contributed by atoms with Gasteiger partial charge < -0.3 is 14.8 Å². The first kappa shape index (κ1) is 16.6. The molecule has 1 aromatic carbocycles. The monoisotopic (exact) mass is 346 g/mol. The van der Waals surface area contributed by atoms with Gasteiger partial charge in [-0.05, 0) is 36.2 Å². The molecule has 0 fully saturated rings. The third kappa shape index (κ3) is 3.97. The van der Waals surface area contributed by atoms with Gasteiger partial charge in [-0.1, -0.05) is 17.7 Å². The predicted octanol–water partition coefficient (Wildman–Crippen LogP) is 3.32. The molecule has 3 rings (SSSR count). The van der Waals surface area contributed by atoms with E-state index in [2.05, 4.69) is 10.3 Å². The maximum absolute atomic E-state index is 12.3. The second kappa shape index (κ2) is 7.53. The molecule has 5 nitrogen and oxygen atoms in total. The fraction of sp³-hybridized carbons (Fsp3) is 0.333. The molecule has 1 N–H and O–H groups in total. The molecule has 1 unspecified atom stereocenters. The summed E-state index contributed by atoms with van der Waals surface area (Å²) in [6, 6.07) is 7.25. The first-order valence-electron chi connectivity index (χ1n) is 7.91. The zero-order valence-corrected chi connectivity index (χ0v) is 14.2. The second-order valence-electron chi connectivity index (χ2n) is 5.71. The number of carbonyl (C=O) groups excluding carboxylic acids is 1. The number of carbonyl (C=O) groups is 1. The van der Waals surface area contributed by atoms with Crippen LogP contribution in [0.1, 0.15) is 30.5 Å². The van der Waals surface area contributed by atoms with E-state index in [-0.39, 0.29) is 18.4 Å². The van der Waals surface area contributed by atoms with E-state index in [0.717, 1.165) is 17.5 Å². The van der Waals surface area contributed by atoms with Gasteiger partial charge in [0.25, 0.3) is 0 Å². The highest BCUT2D eigenvalue weighted by atomic mass is 35.5. The van der Waals surface area contributed by atoms with Crippen LogP contribution in [0.5, 0.6) is 11.5 Å². The number of benzene rings is 1. The minimum absolute atomic E-state index is 0.0862. The molecule has 0 aliphatic carbocycles. The Morgan fingerprint density at radius 3 is 3.00 bits per heavy atom. The molecule has 0 saturated heterocycles. The highest BCUT2D eigenvalue weighted by molar-refractivity contribution is 6.32. The molecule has 2 heterocycles. The summed E-state index contributed by atoms with van der Waals surface area (Å²) in [5.74, 6) is 1.07. The predicted molar refractivity (Wildman–Crippen MR) is 91.6 cm³/mol. The van der Waals surface area contributed by atoms with Crippen LogP contribution in [0.25, 0.3) is 0 Å². The van der Waals surface area contributed by atoms with Gasteiger partial charge >= 0.3 is 0 Å². The first-order valence-corrected chi connectivity index (χ1v) is 8.28. The molecule has 1 aromatic heterocycles. The Hall–Kier alpha value is -2.27.